The van der Waals surface area contributed by atoms with Crippen molar-refractivity contribution in [3.05, 3.63) is 35.4 Å². The van der Waals surface area contributed by atoms with E-state index in [-0.39, 0.29) is 6.61 Å². The number of benzene rings is 1. The summed E-state index contributed by atoms with van der Waals surface area (Å²) in [6, 6.07) is 8.01. The van der Waals surface area contributed by atoms with Crippen molar-refractivity contribution < 1.29 is 5.11 Å². The Bertz CT molecular complexity index is 170. The molecule has 0 heterocycles. The summed E-state index contributed by atoms with van der Waals surface area (Å²) in [5.41, 5.74) is 6.80. The highest BCUT2D eigenvalue weighted by Crippen LogP contribution is 2.03. The number of aliphatic hydroxyl groups is 1. The minimum Gasteiger partial charge on any atom is -0.392 e. The van der Waals surface area contributed by atoms with Crippen molar-refractivity contribution in [2.24, 2.45) is 5.73 Å². The molecule has 2 heteroatoms. The number of rotatable bonds is 2. The molecule has 2 nitrogen and oxygen atoms in total. The van der Waals surface area contributed by atoms with Crippen LogP contribution in [0.2, 0.25) is 0 Å². The van der Waals surface area contributed by atoms with Gasteiger partial charge in [0.2, 0.25) is 0 Å². The standard InChI is InChI=1S/C9H12O.CH5N/c1-2-8-3-5-9(7-10)6-4-8;1-2/h3-6,10H,2,7H2,1H3;2H2,1H3. The Labute approximate surface area is 74.0 Å². The lowest BCUT2D eigenvalue weighted by Gasteiger charge is -1.97. The molecule has 68 valence electrons. The van der Waals surface area contributed by atoms with Gasteiger partial charge in [-0.3, -0.25) is 0 Å². The highest BCUT2D eigenvalue weighted by molar-refractivity contribution is 5.21. The van der Waals surface area contributed by atoms with E-state index >= 15 is 0 Å². The van der Waals surface area contributed by atoms with Crippen LogP contribution in [-0.4, -0.2) is 12.2 Å². The first kappa shape index (κ1) is 11.1. The number of hydrogen-bond donors (Lipinski definition) is 2. The molecule has 0 spiro atoms. The maximum Gasteiger partial charge on any atom is 0.0681 e. The second-order valence-corrected chi connectivity index (χ2v) is 2.33. The lowest BCUT2D eigenvalue weighted by atomic mass is 10.1. The van der Waals surface area contributed by atoms with Crippen molar-refractivity contribution in [3.63, 3.8) is 0 Å². The molecule has 0 saturated carbocycles. The Balaban J connectivity index is 0.000000561. The molecule has 0 aliphatic rings. The first-order valence-electron chi connectivity index (χ1n) is 4.13. The third kappa shape index (κ3) is 3.51. The molecule has 12 heavy (non-hydrogen) atoms. The molecule has 0 unspecified atom stereocenters. The Hall–Kier alpha value is -0.860. The average molecular weight is 167 g/mol. The van der Waals surface area contributed by atoms with Gasteiger partial charge >= 0.3 is 0 Å². The van der Waals surface area contributed by atoms with E-state index in [1.165, 1.54) is 12.6 Å². The van der Waals surface area contributed by atoms with Crippen LogP contribution < -0.4 is 5.73 Å². The van der Waals surface area contributed by atoms with Crippen LogP contribution in [0.15, 0.2) is 24.3 Å². The van der Waals surface area contributed by atoms with Crippen molar-refractivity contribution in [1.29, 1.82) is 0 Å². The fourth-order valence-corrected chi connectivity index (χ4v) is 0.880. The van der Waals surface area contributed by atoms with E-state index in [2.05, 4.69) is 12.7 Å². The van der Waals surface area contributed by atoms with Crippen molar-refractivity contribution in [2.45, 2.75) is 20.0 Å². The molecule has 1 rings (SSSR count). The highest BCUT2D eigenvalue weighted by atomic mass is 16.3. The second-order valence-electron chi connectivity index (χ2n) is 2.33. The van der Waals surface area contributed by atoms with Gasteiger partial charge in [0.15, 0.2) is 0 Å². The van der Waals surface area contributed by atoms with E-state index < -0.39 is 0 Å². The fourth-order valence-electron chi connectivity index (χ4n) is 0.880. The van der Waals surface area contributed by atoms with E-state index in [0.29, 0.717) is 0 Å². The molecule has 0 atom stereocenters. The Morgan fingerprint density at radius 2 is 1.50 bits per heavy atom. The van der Waals surface area contributed by atoms with Crippen LogP contribution in [0.4, 0.5) is 0 Å². The molecular formula is C10H17NO. The zero-order valence-corrected chi connectivity index (χ0v) is 7.75. The van der Waals surface area contributed by atoms with E-state index in [9.17, 15) is 0 Å². The molecule has 0 bridgehead atoms. The van der Waals surface area contributed by atoms with Crippen LogP contribution in [-0.2, 0) is 13.0 Å². The van der Waals surface area contributed by atoms with Crippen LogP contribution >= 0.6 is 0 Å². The smallest absolute Gasteiger partial charge is 0.0681 e. The molecule has 0 aliphatic heterocycles. The first-order valence-corrected chi connectivity index (χ1v) is 4.13. The van der Waals surface area contributed by atoms with Crippen molar-refractivity contribution in [2.75, 3.05) is 7.05 Å². The van der Waals surface area contributed by atoms with Crippen LogP contribution in [0.25, 0.3) is 0 Å². The molecule has 0 aliphatic carbocycles. The molecule has 0 saturated heterocycles. The summed E-state index contributed by atoms with van der Waals surface area (Å²) >= 11 is 0. The Morgan fingerprint density at radius 1 is 1.08 bits per heavy atom. The van der Waals surface area contributed by atoms with Gasteiger partial charge in [-0.2, -0.15) is 0 Å². The fraction of sp³-hybridized carbons (Fsp3) is 0.400. The van der Waals surface area contributed by atoms with E-state index in [1.54, 1.807) is 0 Å². The van der Waals surface area contributed by atoms with Crippen LogP contribution in [0, 0.1) is 0 Å². The second kappa shape index (κ2) is 6.83. The molecule has 0 amide bonds. The third-order valence-corrected chi connectivity index (χ3v) is 1.61. The van der Waals surface area contributed by atoms with Crippen molar-refractivity contribution in [1.82, 2.24) is 0 Å². The third-order valence-electron chi connectivity index (χ3n) is 1.61. The predicted molar refractivity (Wildman–Crippen MR) is 51.9 cm³/mol. The zero-order chi connectivity index (χ0) is 9.40. The van der Waals surface area contributed by atoms with E-state index in [4.69, 9.17) is 5.11 Å². The summed E-state index contributed by atoms with van der Waals surface area (Å²) in [5, 5.41) is 8.70. The molecule has 0 aromatic heterocycles. The van der Waals surface area contributed by atoms with Crippen molar-refractivity contribution >= 4 is 0 Å². The summed E-state index contributed by atoms with van der Waals surface area (Å²) in [5.74, 6) is 0. The number of aliphatic hydroxyl groups excluding tert-OH is 1. The zero-order valence-electron chi connectivity index (χ0n) is 7.75. The lowest BCUT2D eigenvalue weighted by molar-refractivity contribution is 0.282. The first-order chi connectivity index (χ1) is 5.86. The summed E-state index contributed by atoms with van der Waals surface area (Å²) in [6.07, 6.45) is 1.06. The summed E-state index contributed by atoms with van der Waals surface area (Å²) < 4.78 is 0. The maximum absolute atomic E-state index is 8.70. The van der Waals surface area contributed by atoms with Gasteiger partial charge in [-0.1, -0.05) is 31.2 Å². The van der Waals surface area contributed by atoms with Crippen LogP contribution in [0.1, 0.15) is 18.1 Å². The van der Waals surface area contributed by atoms with Gasteiger partial charge in [0.25, 0.3) is 0 Å². The minimum atomic E-state index is 0.143. The van der Waals surface area contributed by atoms with Gasteiger partial charge < -0.3 is 10.8 Å². The Kier molecular flexibility index (Phi) is 6.34. The highest BCUT2D eigenvalue weighted by Gasteiger charge is 1.88. The largest absolute Gasteiger partial charge is 0.392 e. The summed E-state index contributed by atoms with van der Waals surface area (Å²) in [7, 11) is 1.50. The van der Waals surface area contributed by atoms with E-state index in [0.717, 1.165) is 12.0 Å². The summed E-state index contributed by atoms with van der Waals surface area (Å²) in [6.45, 7) is 2.26. The SMILES string of the molecule is CCc1ccc(CO)cc1.CN. The predicted octanol–water partition coefficient (Wildman–Crippen LogP) is 1.32. The quantitative estimate of drug-likeness (QED) is 0.697. The Morgan fingerprint density at radius 3 is 1.83 bits per heavy atom. The van der Waals surface area contributed by atoms with Gasteiger partial charge in [-0.15, -0.1) is 0 Å². The minimum absolute atomic E-state index is 0.143. The van der Waals surface area contributed by atoms with Crippen LogP contribution in [0.3, 0.4) is 0 Å². The van der Waals surface area contributed by atoms with Crippen molar-refractivity contribution in [3.8, 4) is 0 Å². The van der Waals surface area contributed by atoms with Gasteiger partial charge in [-0.25, -0.2) is 0 Å². The maximum atomic E-state index is 8.70. The van der Waals surface area contributed by atoms with Gasteiger partial charge in [0.05, 0.1) is 6.61 Å². The molecule has 0 radical (unpaired) electrons. The average Bonchev–Trinajstić information content (AvgIpc) is 2.21. The molecular weight excluding hydrogens is 150 g/mol. The number of nitrogens with two attached hydrogens (primary N) is 1. The normalized spacial score (nSPS) is 8.67. The molecule has 0 fully saturated rings. The molecule has 1 aromatic rings. The van der Waals surface area contributed by atoms with Crippen LogP contribution in [0.5, 0.6) is 0 Å². The molecule has 3 N–H and O–H groups in total. The lowest BCUT2D eigenvalue weighted by Crippen LogP contribution is -1.83. The van der Waals surface area contributed by atoms with Gasteiger partial charge in [-0.05, 0) is 24.6 Å². The molecule has 1 aromatic carbocycles. The van der Waals surface area contributed by atoms with Gasteiger partial charge in [0, 0.05) is 0 Å². The van der Waals surface area contributed by atoms with E-state index in [1.807, 2.05) is 24.3 Å². The number of aryl methyl sites for hydroxylation is 1. The monoisotopic (exact) mass is 167 g/mol. The van der Waals surface area contributed by atoms with Gasteiger partial charge in [0.1, 0.15) is 0 Å². The summed E-state index contributed by atoms with van der Waals surface area (Å²) in [4.78, 5) is 0. The number of hydrogen-bond acceptors (Lipinski definition) is 2. The topological polar surface area (TPSA) is 46.2 Å².